The molecule has 0 saturated carbocycles. The number of piperidine rings is 1. The molecule has 0 bridgehead atoms. The molecule has 0 spiro atoms. The van der Waals surface area contributed by atoms with Gasteiger partial charge in [0.15, 0.2) is 0 Å². The van der Waals surface area contributed by atoms with Gasteiger partial charge in [-0.2, -0.15) is 0 Å². The quantitative estimate of drug-likeness (QED) is 0.903. The lowest BCUT2D eigenvalue weighted by Crippen LogP contribution is -2.37. The van der Waals surface area contributed by atoms with Crippen molar-refractivity contribution >= 4 is 11.6 Å². The highest BCUT2D eigenvalue weighted by Gasteiger charge is 2.32. The van der Waals surface area contributed by atoms with E-state index in [1.165, 1.54) is 12.8 Å². The summed E-state index contributed by atoms with van der Waals surface area (Å²) in [7, 11) is 1.77. The van der Waals surface area contributed by atoms with Crippen molar-refractivity contribution in [2.24, 2.45) is 11.7 Å². The summed E-state index contributed by atoms with van der Waals surface area (Å²) in [6.45, 7) is 5.97. The number of nitrogens with two attached hydrogens (primary N) is 1. The third kappa shape index (κ3) is 3.17. The molecule has 6 nitrogen and oxygen atoms in total. The van der Waals surface area contributed by atoms with Gasteiger partial charge in [0.25, 0.3) is 0 Å². The highest BCUT2D eigenvalue weighted by atomic mass is 16.5. The number of hydrogen-bond donors (Lipinski definition) is 1. The molecular formula is C16H27N5O. The van der Waals surface area contributed by atoms with E-state index in [0.717, 1.165) is 43.6 Å². The second-order valence-corrected chi connectivity index (χ2v) is 6.54. The minimum atomic E-state index is 0.239. The van der Waals surface area contributed by atoms with Crippen molar-refractivity contribution in [3.63, 3.8) is 0 Å². The zero-order valence-corrected chi connectivity index (χ0v) is 13.6. The predicted molar refractivity (Wildman–Crippen MR) is 88.2 cm³/mol. The molecule has 2 N–H and O–H groups in total. The maximum atomic E-state index is 5.92. The Morgan fingerprint density at radius 1 is 1.27 bits per heavy atom. The standard InChI is InChI=1S/C16H27N5O/c1-12-3-5-20(6-4-12)15-8-16(19-11-18-15)21-10-14(22-2)7-13(21)9-17/h8,11-14H,3-7,9-10,17H2,1-2H3/t13-,14-/m0/s1. The molecule has 1 aromatic heterocycles. The van der Waals surface area contributed by atoms with Crippen LogP contribution in [0.5, 0.6) is 0 Å². The molecule has 2 saturated heterocycles. The lowest BCUT2D eigenvalue weighted by atomic mass is 9.99. The van der Waals surface area contributed by atoms with Gasteiger partial charge in [0, 0.05) is 45.4 Å². The summed E-state index contributed by atoms with van der Waals surface area (Å²) in [5.41, 5.74) is 5.92. The van der Waals surface area contributed by atoms with Crippen molar-refractivity contribution in [2.75, 3.05) is 43.1 Å². The highest BCUT2D eigenvalue weighted by Crippen LogP contribution is 2.28. The van der Waals surface area contributed by atoms with Gasteiger partial charge < -0.3 is 20.3 Å². The molecule has 1 aromatic rings. The van der Waals surface area contributed by atoms with Crippen molar-refractivity contribution in [3.05, 3.63) is 12.4 Å². The van der Waals surface area contributed by atoms with E-state index in [1.54, 1.807) is 13.4 Å². The van der Waals surface area contributed by atoms with Crippen LogP contribution in [0, 0.1) is 5.92 Å². The number of ether oxygens (including phenoxy) is 1. The molecule has 0 unspecified atom stereocenters. The monoisotopic (exact) mass is 305 g/mol. The van der Waals surface area contributed by atoms with E-state index in [-0.39, 0.29) is 6.10 Å². The number of rotatable bonds is 4. The van der Waals surface area contributed by atoms with Gasteiger partial charge in [0.05, 0.1) is 6.10 Å². The molecule has 2 aliphatic rings. The Morgan fingerprint density at radius 3 is 2.68 bits per heavy atom. The average Bonchev–Trinajstić information content (AvgIpc) is 2.99. The van der Waals surface area contributed by atoms with E-state index in [1.807, 2.05) is 0 Å². The number of aromatic nitrogens is 2. The first-order valence-corrected chi connectivity index (χ1v) is 8.27. The first kappa shape index (κ1) is 15.5. The molecule has 3 rings (SSSR count). The average molecular weight is 305 g/mol. The van der Waals surface area contributed by atoms with Crippen LogP contribution in [0.15, 0.2) is 12.4 Å². The van der Waals surface area contributed by atoms with E-state index < -0.39 is 0 Å². The maximum Gasteiger partial charge on any atom is 0.134 e. The summed E-state index contributed by atoms with van der Waals surface area (Å²) in [5, 5.41) is 0. The van der Waals surface area contributed by atoms with Crippen molar-refractivity contribution in [1.29, 1.82) is 0 Å². The van der Waals surface area contributed by atoms with Crippen molar-refractivity contribution in [2.45, 2.75) is 38.3 Å². The molecule has 0 radical (unpaired) electrons. The molecule has 2 aliphatic heterocycles. The van der Waals surface area contributed by atoms with Crippen molar-refractivity contribution in [1.82, 2.24) is 9.97 Å². The van der Waals surface area contributed by atoms with E-state index in [0.29, 0.717) is 12.6 Å². The van der Waals surface area contributed by atoms with E-state index in [2.05, 4.69) is 32.8 Å². The Kier molecular flexibility index (Phi) is 4.78. The van der Waals surface area contributed by atoms with Crippen LogP contribution < -0.4 is 15.5 Å². The summed E-state index contributed by atoms with van der Waals surface area (Å²) in [6, 6.07) is 2.41. The lowest BCUT2D eigenvalue weighted by molar-refractivity contribution is 0.118. The third-order valence-electron chi connectivity index (χ3n) is 5.02. The fourth-order valence-electron chi connectivity index (χ4n) is 3.45. The van der Waals surface area contributed by atoms with E-state index >= 15 is 0 Å². The molecule has 3 heterocycles. The van der Waals surface area contributed by atoms with Gasteiger partial charge in [-0.1, -0.05) is 6.92 Å². The first-order valence-electron chi connectivity index (χ1n) is 8.27. The minimum Gasteiger partial charge on any atom is -0.380 e. The van der Waals surface area contributed by atoms with Crippen molar-refractivity contribution in [3.8, 4) is 0 Å². The lowest BCUT2D eigenvalue weighted by Gasteiger charge is -2.32. The van der Waals surface area contributed by atoms with E-state index in [9.17, 15) is 0 Å². The van der Waals surface area contributed by atoms with Gasteiger partial charge in [-0.3, -0.25) is 0 Å². The Balaban J connectivity index is 1.76. The number of methoxy groups -OCH3 is 1. The molecular weight excluding hydrogens is 278 g/mol. The zero-order valence-electron chi connectivity index (χ0n) is 13.6. The number of anilines is 2. The molecule has 22 heavy (non-hydrogen) atoms. The SMILES string of the molecule is CO[C@H]1C[C@@H](CN)N(c2cc(N3CCC(C)CC3)ncn2)C1. The molecule has 0 amide bonds. The Morgan fingerprint density at radius 2 is 2.00 bits per heavy atom. The predicted octanol–water partition coefficient (Wildman–Crippen LogP) is 1.27. The van der Waals surface area contributed by atoms with Crippen LogP contribution in [-0.2, 0) is 4.74 Å². The van der Waals surface area contributed by atoms with Crippen LogP contribution in [0.1, 0.15) is 26.2 Å². The number of nitrogens with zero attached hydrogens (tertiary/aromatic N) is 4. The molecule has 2 fully saturated rings. The summed E-state index contributed by atoms with van der Waals surface area (Å²) in [4.78, 5) is 13.6. The Bertz CT molecular complexity index is 489. The van der Waals surface area contributed by atoms with E-state index in [4.69, 9.17) is 10.5 Å². The highest BCUT2D eigenvalue weighted by molar-refractivity contribution is 5.52. The summed E-state index contributed by atoms with van der Waals surface area (Å²) >= 11 is 0. The van der Waals surface area contributed by atoms with Gasteiger partial charge in [-0.05, 0) is 25.2 Å². The third-order valence-corrected chi connectivity index (χ3v) is 5.02. The second kappa shape index (κ2) is 6.79. The van der Waals surface area contributed by atoms with Gasteiger partial charge in [0.2, 0.25) is 0 Å². The summed E-state index contributed by atoms with van der Waals surface area (Å²) in [5.74, 6) is 2.83. The maximum absolute atomic E-state index is 5.92. The topological polar surface area (TPSA) is 67.5 Å². The van der Waals surface area contributed by atoms with Crippen LogP contribution in [0.4, 0.5) is 11.6 Å². The minimum absolute atomic E-state index is 0.239. The Hall–Kier alpha value is -1.40. The second-order valence-electron chi connectivity index (χ2n) is 6.54. The molecule has 122 valence electrons. The zero-order chi connectivity index (χ0) is 15.5. The van der Waals surface area contributed by atoms with Gasteiger partial charge in [0.1, 0.15) is 18.0 Å². The van der Waals surface area contributed by atoms with Crippen LogP contribution in [0.2, 0.25) is 0 Å². The molecule has 2 atom stereocenters. The molecule has 6 heteroatoms. The fraction of sp³-hybridized carbons (Fsp3) is 0.750. The van der Waals surface area contributed by atoms with Crippen LogP contribution in [0.3, 0.4) is 0 Å². The molecule has 0 aliphatic carbocycles. The first-order chi connectivity index (χ1) is 10.7. The number of hydrogen-bond acceptors (Lipinski definition) is 6. The van der Waals surface area contributed by atoms with Crippen LogP contribution in [-0.4, -0.2) is 55.4 Å². The van der Waals surface area contributed by atoms with Gasteiger partial charge in [-0.25, -0.2) is 9.97 Å². The van der Waals surface area contributed by atoms with Gasteiger partial charge in [-0.15, -0.1) is 0 Å². The van der Waals surface area contributed by atoms with Crippen LogP contribution >= 0.6 is 0 Å². The largest absolute Gasteiger partial charge is 0.380 e. The Labute approximate surface area is 132 Å². The molecule has 0 aromatic carbocycles. The van der Waals surface area contributed by atoms with Crippen LogP contribution in [0.25, 0.3) is 0 Å². The normalized spacial score (nSPS) is 26.7. The van der Waals surface area contributed by atoms with Crippen molar-refractivity contribution < 1.29 is 4.74 Å². The summed E-state index contributed by atoms with van der Waals surface area (Å²) < 4.78 is 5.50. The fourth-order valence-corrected chi connectivity index (χ4v) is 3.45. The smallest absolute Gasteiger partial charge is 0.134 e. The van der Waals surface area contributed by atoms with Gasteiger partial charge >= 0.3 is 0 Å². The summed E-state index contributed by atoms with van der Waals surface area (Å²) in [6.07, 6.45) is 5.35.